The van der Waals surface area contributed by atoms with Crippen LogP contribution >= 0.6 is 0 Å². The lowest BCUT2D eigenvalue weighted by Crippen LogP contribution is -2.47. The van der Waals surface area contributed by atoms with Crippen molar-refractivity contribution in [2.24, 2.45) is 23.2 Å². The molecule has 0 spiro atoms. The molecule has 0 radical (unpaired) electrons. The van der Waals surface area contributed by atoms with Gasteiger partial charge in [-0.25, -0.2) is 4.79 Å². The van der Waals surface area contributed by atoms with Crippen molar-refractivity contribution in [2.75, 3.05) is 34.4 Å². The van der Waals surface area contributed by atoms with Gasteiger partial charge in [0.25, 0.3) is 0 Å². The van der Waals surface area contributed by atoms with E-state index in [0.29, 0.717) is 0 Å². The molecule has 1 N–H and O–H groups in total. The molecule has 1 aliphatic heterocycles. The number of ether oxygens (including phenoxy) is 3. The number of nitrogens with zero attached hydrogens (tertiary/aromatic N) is 1. The fraction of sp³-hybridized carbons (Fsp3) is 0.700. The number of rotatable bonds is 6. The predicted octanol–water partition coefficient (Wildman–Crippen LogP) is 5.90. The van der Waals surface area contributed by atoms with Gasteiger partial charge in [0.15, 0.2) is 11.5 Å². The molecule has 3 fully saturated rings. The number of likely N-dealkylation sites (tertiary alicyclic amines) is 1. The van der Waals surface area contributed by atoms with Gasteiger partial charge in [0.05, 0.1) is 14.2 Å². The fourth-order valence-electron chi connectivity index (χ4n) is 8.48. The summed E-state index contributed by atoms with van der Waals surface area (Å²) >= 11 is 0. The summed E-state index contributed by atoms with van der Waals surface area (Å²) in [7, 11) is 5.52. The Bertz CT molecular complexity index is 987. The van der Waals surface area contributed by atoms with E-state index in [1.54, 1.807) is 14.2 Å². The first-order valence-electron chi connectivity index (χ1n) is 13.8. The SMILES string of the molecule is COc1ccc(C23CCC(OC(=O)NCC45CC(C)CC(CC(C)C4)C5)=CC2N(C)CC3)cc1OC. The number of carbonyl (C=O) groups excluding carboxylic acids is 1. The second-order valence-corrected chi connectivity index (χ2v) is 12.4. The molecule has 1 aromatic rings. The van der Waals surface area contributed by atoms with Crippen molar-refractivity contribution in [3.63, 3.8) is 0 Å². The van der Waals surface area contributed by atoms with E-state index < -0.39 is 0 Å². The number of allylic oxidation sites excluding steroid dienone is 1. The summed E-state index contributed by atoms with van der Waals surface area (Å²) in [5.41, 5.74) is 1.50. The Morgan fingerprint density at radius 2 is 1.78 bits per heavy atom. The second-order valence-electron chi connectivity index (χ2n) is 12.4. The quantitative estimate of drug-likeness (QED) is 0.531. The van der Waals surface area contributed by atoms with E-state index in [1.165, 1.54) is 37.7 Å². The summed E-state index contributed by atoms with van der Waals surface area (Å²) in [6.07, 6.45) is 11.1. The van der Waals surface area contributed by atoms with Gasteiger partial charge in [-0.2, -0.15) is 0 Å². The van der Waals surface area contributed by atoms with Crippen molar-refractivity contribution in [3.8, 4) is 11.5 Å². The first kappa shape index (κ1) is 25.4. The Morgan fingerprint density at radius 3 is 2.47 bits per heavy atom. The summed E-state index contributed by atoms with van der Waals surface area (Å²) in [6.45, 7) is 6.51. The van der Waals surface area contributed by atoms with E-state index in [9.17, 15) is 4.79 Å². The summed E-state index contributed by atoms with van der Waals surface area (Å²) in [6, 6.07) is 6.48. The molecule has 4 unspecified atom stereocenters. The molecule has 1 aromatic carbocycles. The Morgan fingerprint density at radius 1 is 1.06 bits per heavy atom. The Balaban J connectivity index is 1.27. The Hall–Kier alpha value is -2.21. The van der Waals surface area contributed by atoms with Crippen molar-refractivity contribution in [3.05, 3.63) is 35.6 Å². The monoisotopic (exact) mass is 496 g/mol. The van der Waals surface area contributed by atoms with Crippen LogP contribution in [0, 0.1) is 23.2 Å². The van der Waals surface area contributed by atoms with E-state index in [1.807, 2.05) is 6.07 Å². The minimum absolute atomic E-state index is 0.0118. The highest BCUT2D eigenvalue weighted by atomic mass is 16.6. The second kappa shape index (κ2) is 9.92. The number of nitrogens with one attached hydrogen (secondary N) is 1. The zero-order valence-corrected chi connectivity index (χ0v) is 22.8. The molecule has 6 heteroatoms. The summed E-state index contributed by atoms with van der Waals surface area (Å²) in [5.74, 6) is 4.62. The van der Waals surface area contributed by atoms with E-state index in [0.717, 1.165) is 67.4 Å². The van der Waals surface area contributed by atoms with E-state index >= 15 is 0 Å². The molecule has 6 nitrogen and oxygen atoms in total. The zero-order chi connectivity index (χ0) is 25.5. The average molecular weight is 497 g/mol. The molecule has 2 saturated carbocycles. The van der Waals surface area contributed by atoms with Gasteiger partial charge in [0.1, 0.15) is 5.76 Å². The highest BCUT2D eigenvalue weighted by molar-refractivity contribution is 5.68. The van der Waals surface area contributed by atoms with E-state index in [2.05, 4.69) is 49.3 Å². The van der Waals surface area contributed by atoms with Crippen LogP contribution in [0.15, 0.2) is 30.0 Å². The number of amides is 1. The first-order chi connectivity index (χ1) is 17.3. The number of likely N-dealkylation sites (N-methyl/N-ethyl adjacent to an activating group) is 1. The van der Waals surface area contributed by atoms with Crippen LogP contribution in [0.1, 0.15) is 70.8 Å². The topological polar surface area (TPSA) is 60.0 Å². The molecular weight excluding hydrogens is 452 g/mol. The molecule has 198 valence electrons. The van der Waals surface area contributed by atoms with E-state index in [4.69, 9.17) is 14.2 Å². The van der Waals surface area contributed by atoms with Crippen LogP contribution in [0.5, 0.6) is 11.5 Å². The Kier molecular flexibility index (Phi) is 7.01. The van der Waals surface area contributed by atoms with Crippen molar-refractivity contribution in [2.45, 2.75) is 76.7 Å². The molecule has 5 rings (SSSR count). The van der Waals surface area contributed by atoms with Crippen molar-refractivity contribution in [1.82, 2.24) is 10.2 Å². The lowest BCUT2D eigenvalue weighted by Gasteiger charge is -2.50. The van der Waals surface area contributed by atoms with Crippen LogP contribution in [0.2, 0.25) is 0 Å². The molecule has 1 saturated heterocycles. The van der Waals surface area contributed by atoms with Crippen molar-refractivity contribution in [1.29, 1.82) is 0 Å². The largest absolute Gasteiger partial charge is 0.493 e. The maximum absolute atomic E-state index is 12.9. The van der Waals surface area contributed by atoms with Crippen molar-refractivity contribution >= 4 is 6.09 Å². The van der Waals surface area contributed by atoms with Gasteiger partial charge in [-0.1, -0.05) is 19.9 Å². The third-order valence-corrected chi connectivity index (χ3v) is 9.66. The van der Waals surface area contributed by atoms with Gasteiger partial charge in [-0.05, 0) is 105 Å². The van der Waals surface area contributed by atoms with Crippen molar-refractivity contribution < 1.29 is 19.0 Å². The van der Waals surface area contributed by atoms with Gasteiger partial charge in [-0.3, -0.25) is 4.90 Å². The number of fused-ring (bicyclic) bond motifs is 3. The zero-order valence-electron chi connectivity index (χ0n) is 22.8. The molecule has 0 aromatic heterocycles. The Labute approximate surface area is 216 Å². The third-order valence-electron chi connectivity index (χ3n) is 9.66. The molecule has 1 heterocycles. The maximum atomic E-state index is 12.9. The van der Waals surface area contributed by atoms with Crippen LogP contribution in [0.25, 0.3) is 0 Å². The lowest BCUT2D eigenvalue weighted by atomic mass is 9.57. The van der Waals surface area contributed by atoms with Crippen LogP contribution in [0.4, 0.5) is 4.79 Å². The number of hydrogen-bond acceptors (Lipinski definition) is 5. The van der Waals surface area contributed by atoms with Crippen LogP contribution in [-0.2, 0) is 10.2 Å². The molecule has 3 aliphatic carbocycles. The molecule has 4 atom stereocenters. The highest BCUT2D eigenvalue weighted by Gasteiger charge is 2.49. The number of methoxy groups -OCH3 is 2. The van der Waals surface area contributed by atoms with Gasteiger partial charge in [0, 0.05) is 24.4 Å². The van der Waals surface area contributed by atoms with Crippen LogP contribution < -0.4 is 14.8 Å². The normalized spacial score (nSPS) is 36.0. The number of carbonyl (C=O) groups is 1. The van der Waals surface area contributed by atoms with Gasteiger partial charge in [0.2, 0.25) is 0 Å². The number of alkyl carbamates (subject to hydrolysis) is 1. The number of benzene rings is 1. The van der Waals surface area contributed by atoms with Crippen LogP contribution in [-0.4, -0.2) is 51.4 Å². The lowest BCUT2D eigenvalue weighted by molar-refractivity contribution is 0.0185. The molecule has 2 bridgehead atoms. The number of hydrogen-bond donors (Lipinski definition) is 1. The fourth-order valence-corrected chi connectivity index (χ4v) is 8.48. The minimum atomic E-state index is -0.289. The highest BCUT2D eigenvalue weighted by Crippen LogP contribution is 2.53. The predicted molar refractivity (Wildman–Crippen MR) is 141 cm³/mol. The molecule has 1 amide bonds. The maximum Gasteiger partial charge on any atom is 0.412 e. The van der Waals surface area contributed by atoms with Gasteiger partial charge < -0.3 is 19.5 Å². The van der Waals surface area contributed by atoms with Crippen LogP contribution in [0.3, 0.4) is 0 Å². The summed E-state index contributed by atoms with van der Waals surface area (Å²) < 4.78 is 17.0. The third kappa shape index (κ3) is 4.73. The summed E-state index contributed by atoms with van der Waals surface area (Å²) in [5, 5.41) is 3.18. The molecular formula is C30H44N2O4. The standard InChI is InChI=1S/C30H44N2O4/c1-20-12-22-13-21(2)17-29(16-20,18-22)19-31-28(33)36-24-8-9-30(10-11-32(3)27(30)15-24)23-6-7-25(34-4)26(14-23)35-5/h6-7,14-15,20-22,27H,8-13,16-19H2,1-5H3,(H,31,33). The average Bonchev–Trinajstić information content (AvgIpc) is 3.18. The minimum Gasteiger partial charge on any atom is -0.493 e. The van der Waals surface area contributed by atoms with Gasteiger partial charge in [-0.15, -0.1) is 0 Å². The molecule has 4 aliphatic rings. The first-order valence-corrected chi connectivity index (χ1v) is 13.8. The summed E-state index contributed by atoms with van der Waals surface area (Å²) in [4.78, 5) is 15.3. The molecule has 36 heavy (non-hydrogen) atoms. The van der Waals surface area contributed by atoms with Gasteiger partial charge >= 0.3 is 6.09 Å². The smallest absolute Gasteiger partial charge is 0.412 e. The van der Waals surface area contributed by atoms with E-state index in [-0.39, 0.29) is 23.0 Å².